The lowest BCUT2D eigenvalue weighted by atomic mass is 9.94. The molecule has 2 fully saturated rings. The smallest absolute Gasteiger partial charge is 0.246 e. The van der Waals surface area contributed by atoms with Crippen molar-refractivity contribution in [3.05, 3.63) is 0 Å². The molecular weight excluding hydrogens is 286 g/mol. The normalized spacial score (nSPS) is 26.5. The average Bonchev–Trinajstić information content (AvgIpc) is 3.05. The van der Waals surface area contributed by atoms with Crippen molar-refractivity contribution in [3.63, 3.8) is 0 Å². The molecule has 2 rings (SSSR count). The number of carbonyl (C=O) groups excluding carboxylic acids is 2. The fourth-order valence-electron chi connectivity index (χ4n) is 2.98. The maximum atomic E-state index is 12.7. The van der Waals surface area contributed by atoms with Crippen molar-refractivity contribution in [2.24, 2.45) is 11.3 Å². The average molecular weight is 313 g/mol. The number of rotatable bonds is 3. The molecule has 0 bridgehead atoms. The van der Waals surface area contributed by atoms with Crippen molar-refractivity contribution < 1.29 is 9.59 Å². The number of hydrogen-bond acceptors (Lipinski definition) is 4. The summed E-state index contributed by atoms with van der Waals surface area (Å²) >= 11 is 1.68. The van der Waals surface area contributed by atoms with E-state index in [-0.39, 0.29) is 17.9 Å². The third kappa shape index (κ3) is 3.72. The molecular formula is C15H27N3O2S. The molecule has 2 aliphatic heterocycles. The predicted octanol–water partition coefficient (Wildman–Crippen LogP) is 1.00. The Kier molecular flexibility index (Phi) is 5.20. The summed E-state index contributed by atoms with van der Waals surface area (Å²) in [6, 6.07) is -0.268. The maximum Gasteiger partial charge on any atom is 0.246 e. The van der Waals surface area contributed by atoms with Gasteiger partial charge in [-0.05, 0) is 25.9 Å². The van der Waals surface area contributed by atoms with Gasteiger partial charge in [0.25, 0.3) is 0 Å². The molecule has 2 heterocycles. The highest BCUT2D eigenvalue weighted by Gasteiger charge is 2.41. The fourth-order valence-corrected chi connectivity index (χ4v) is 4.12. The van der Waals surface area contributed by atoms with Crippen LogP contribution >= 0.6 is 11.8 Å². The molecule has 21 heavy (non-hydrogen) atoms. The van der Waals surface area contributed by atoms with E-state index in [0.29, 0.717) is 11.8 Å². The molecule has 120 valence electrons. The number of nitrogens with one attached hydrogen (secondary N) is 1. The van der Waals surface area contributed by atoms with Crippen LogP contribution in [0.4, 0.5) is 0 Å². The summed E-state index contributed by atoms with van der Waals surface area (Å²) < 4.78 is 0. The first-order valence-electron chi connectivity index (χ1n) is 7.66. The summed E-state index contributed by atoms with van der Waals surface area (Å²) in [6.45, 7) is 8.34. The zero-order chi connectivity index (χ0) is 15.6. The molecule has 2 saturated heterocycles. The van der Waals surface area contributed by atoms with Crippen molar-refractivity contribution in [2.45, 2.75) is 33.2 Å². The molecule has 2 unspecified atom stereocenters. The second-order valence-corrected chi connectivity index (χ2v) is 8.04. The van der Waals surface area contributed by atoms with Gasteiger partial charge in [0, 0.05) is 24.3 Å². The van der Waals surface area contributed by atoms with Gasteiger partial charge in [0.1, 0.15) is 6.04 Å². The molecule has 6 heteroatoms. The number of thioether (sulfide) groups is 1. The van der Waals surface area contributed by atoms with Crippen LogP contribution < -0.4 is 5.32 Å². The summed E-state index contributed by atoms with van der Waals surface area (Å²) in [4.78, 5) is 29.0. The first-order chi connectivity index (χ1) is 9.84. The Morgan fingerprint density at radius 1 is 1.33 bits per heavy atom. The van der Waals surface area contributed by atoms with E-state index in [1.54, 1.807) is 16.7 Å². The monoisotopic (exact) mass is 313 g/mol. The van der Waals surface area contributed by atoms with Gasteiger partial charge in [-0.3, -0.25) is 9.59 Å². The molecule has 0 radical (unpaired) electrons. The van der Waals surface area contributed by atoms with Crippen LogP contribution in [-0.4, -0.2) is 66.0 Å². The van der Waals surface area contributed by atoms with Gasteiger partial charge in [-0.1, -0.05) is 20.8 Å². The first kappa shape index (κ1) is 16.6. The van der Waals surface area contributed by atoms with E-state index >= 15 is 0 Å². The minimum Gasteiger partial charge on any atom is -0.341 e. The second kappa shape index (κ2) is 6.57. The van der Waals surface area contributed by atoms with Crippen LogP contribution in [-0.2, 0) is 9.59 Å². The number of carbonyl (C=O) groups is 2. The summed E-state index contributed by atoms with van der Waals surface area (Å²) in [5, 5.41) is 3.18. The van der Waals surface area contributed by atoms with Gasteiger partial charge in [-0.2, -0.15) is 0 Å². The number of hydrogen-bond donors (Lipinski definition) is 1. The lowest BCUT2D eigenvalue weighted by molar-refractivity contribution is -0.147. The maximum absolute atomic E-state index is 12.7. The summed E-state index contributed by atoms with van der Waals surface area (Å²) in [5.41, 5.74) is -0.427. The summed E-state index contributed by atoms with van der Waals surface area (Å²) in [7, 11) is 1.95. The highest BCUT2D eigenvalue weighted by atomic mass is 32.2. The Bertz CT molecular complexity index is 408. The molecule has 0 aromatic heterocycles. The van der Waals surface area contributed by atoms with Crippen LogP contribution in [0.25, 0.3) is 0 Å². The lowest BCUT2D eigenvalue weighted by Gasteiger charge is -2.31. The zero-order valence-corrected chi connectivity index (χ0v) is 14.3. The van der Waals surface area contributed by atoms with E-state index in [4.69, 9.17) is 0 Å². The summed E-state index contributed by atoms with van der Waals surface area (Å²) in [6.07, 6.45) is 1.06. The molecule has 5 nitrogen and oxygen atoms in total. The standard InChI is InChI=1S/C15H27N3O2S/c1-15(2,3)14(20)18-10-21-9-12(18)13(19)17-6-5-11(8-17)7-16-4/h11-12,16H,5-10H2,1-4H3. The minimum absolute atomic E-state index is 0.0804. The molecule has 0 aliphatic carbocycles. The molecule has 0 aromatic carbocycles. The van der Waals surface area contributed by atoms with Crippen molar-refractivity contribution in [2.75, 3.05) is 38.3 Å². The topological polar surface area (TPSA) is 52.7 Å². The van der Waals surface area contributed by atoms with Crippen LogP contribution in [0.2, 0.25) is 0 Å². The van der Waals surface area contributed by atoms with E-state index in [9.17, 15) is 9.59 Å². The van der Waals surface area contributed by atoms with Crippen molar-refractivity contribution in [1.29, 1.82) is 0 Å². The largest absolute Gasteiger partial charge is 0.341 e. The molecule has 2 aliphatic rings. The van der Waals surface area contributed by atoms with E-state index in [0.717, 1.165) is 31.8 Å². The van der Waals surface area contributed by atoms with Crippen molar-refractivity contribution >= 4 is 23.6 Å². The van der Waals surface area contributed by atoms with Crippen molar-refractivity contribution in [1.82, 2.24) is 15.1 Å². The SMILES string of the molecule is CNCC1CCN(C(=O)C2CSCN2C(=O)C(C)(C)C)C1. The molecule has 2 amide bonds. The molecule has 1 N–H and O–H groups in total. The lowest BCUT2D eigenvalue weighted by Crippen LogP contribution is -2.51. The van der Waals surface area contributed by atoms with Gasteiger partial charge in [0.2, 0.25) is 11.8 Å². The van der Waals surface area contributed by atoms with Gasteiger partial charge in [0.05, 0.1) is 5.88 Å². The first-order valence-corrected chi connectivity index (χ1v) is 8.82. The second-order valence-electron chi connectivity index (χ2n) is 7.04. The van der Waals surface area contributed by atoms with E-state index in [2.05, 4.69) is 5.32 Å². The third-order valence-corrected chi connectivity index (χ3v) is 5.17. The van der Waals surface area contributed by atoms with Crippen LogP contribution in [0.3, 0.4) is 0 Å². The van der Waals surface area contributed by atoms with E-state index < -0.39 is 5.41 Å². The Hall–Kier alpha value is -0.750. The molecule has 0 saturated carbocycles. The Morgan fingerprint density at radius 2 is 2.05 bits per heavy atom. The van der Waals surface area contributed by atoms with Crippen LogP contribution in [0.15, 0.2) is 0 Å². The van der Waals surface area contributed by atoms with Crippen molar-refractivity contribution in [3.8, 4) is 0 Å². The van der Waals surface area contributed by atoms with E-state index in [1.807, 2.05) is 32.7 Å². The minimum atomic E-state index is -0.427. The van der Waals surface area contributed by atoms with Gasteiger partial charge < -0.3 is 15.1 Å². The zero-order valence-electron chi connectivity index (χ0n) is 13.5. The Morgan fingerprint density at radius 3 is 2.67 bits per heavy atom. The predicted molar refractivity (Wildman–Crippen MR) is 86.0 cm³/mol. The summed E-state index contributed by atoms with van der Waals surface area (Å²) in [5.74, 6) is 2.13. The van der Waals surface area contributed by atoms with E-state index in [1.165, 1.54) is 0 Å². The molecule has 2 atom stereocenters. The highest BCUT2D eigenvalue weighted by molar-refractivity contribution is 7.99. The van der Waals surface area contributed by atoms with Crippen LogP contribution in [0.1, 0.15) is 27.2 Å². The molecule has 0 aromatic rings. The number of likely N-dealkylation sites (tertiary alicyclic amines) is 1. The Labute approximate surface area is 131 Å². The fraction of sp³-hybridized carbons (Fsp3) is 0.867. The van der Waals surface area contributed by atoms with Gasteiger partial charge >= 0.3 is 0 Å². The molecule has 0 spiro atoms. The van der Waals surface area contributed by atoms with Crippen LogP contribution in [0.5, 0.6) is 0 Å². The van der Waals surface area contributed by atoms with Crippen LogP contribution in [0, 0.1) is 11.3 Å². The van der Waals surface area contributed by atoms with Gasteiger partial charge in [-0.15, -0.1) is 11.8 Å². The van der Waals surface area contributed by atoms with Gasteiger partial charge in [-0.25, -0.2) is 0 Å². The quantitative estimate of drug-likeness (QED) is 0.845. The van der Waals surface area contributed by atoms with Gasteiger partial charge in [0.15, 0.2) is 0 Å². The number of nitrogens with zero attached hydrogens (tertiary/aromatic N) is 2. The Balaban J connectivity index is 2.00. The number of amides is 2. The third-order valence-electron chi connectivity index (χ3n) is 4.16. The highest BCUT2D eigenvalue weighted by Crippen LogP contribution is 2.29.